The average Bonchev–Trinajstić information content (AvgIpc) is 2.89. The third kappa shape index (κ3) is 3.88. The second kappa shape index (κ2) is 6.83. The first-order valence-electron chi connectivity index (χ1n) is 7.08. The van der Waals surface area contributed by atoms with Crippen LogP contribution < -0.4 is 11.1 Å². The summed E-state index contributed by atoms with van der Waals surface area (Å²) >= 11 is 0. The summed E-state index contributed by atoms with van der Waals surface area (Å²) < 4.78 is 13.1. The van der Waals surface area contributed by atoms with Crippen molar-refractivity contribution in [1.29, 1.82) is 0 Å². The maximum absolute atomic E-state index is 13.1. The molecule has 0 fully saturated rings. The van der Waals surface area contributed by atoms with Crippen molar-refractivity contribution in [2.45, 2.75) is 38.6 Å². The quantitative estimate of drug-likeness (QED) is 0.772. The molecule has 19 heavy (non-hydrogen) atoms. The van der Waals surface area contributed by atoms with Crippen LogP contribution in [0.25, 0.3) is 0 Å². The van der Waals surface area contributed by atoms with E-state index in [0.717, 1.165) is 24.1 Å². The molecule has 2 nitrogen and oxygen atoms in total. The van der Waals surface area contributed by atoms with E-state index < -0.39 is 0 Å². The average molecular weight is 262 g/mol. The Labute approximate surface area is 114 Å². The van der Waals surface area contributed by atoms with E-state index in [2.05, 4.69) is 11.4 Å². The maximum Gasteiger partial charge on any atom is 0.123 e. The van der Waals surface area contributed by atoms with E-state index >= 15 is 0 Å². The lowest BCUT2D eigenvalue weighted by molar-refractivity contribution is 0.537. The third-order valence-corrected chi connectivity index (χ3v) is 3.81. The second-order valence-corrected chi connectivity index (χ2v) is 5.25. The van der Waals surface area contributed by atoms with Gasteiger partial charge in [0.1, 0.15) is 5.82 Å². The molecule has 0 amide bonds. The molecule has 0 aromatic heterocycles. The van der Waals surface area contributed by atoms with Gasteiger partial charge < -0.3 is 11.1 Å². The Kier molecular flexibility index (Phi) is 5.11. The highest BCUT2D eigenvalue weighted by molar-refractivity contribution is 5.29. The van der Waals surface area contributed by atoms with E-state index in [1.54, 1.807) is 11.6 Å². The SMILES string of the molecule is Cc1cc(F)ccc1C(CN)NCCC1=CCCC1. The van der Waals surface area contributed by atoms with E-state index in [1.165, 1.54) is 25.3 Å². The fourth-order valence-corrected chi connectivity index (χ4v) is 2.72. The molecule has 0 aliphatic heterocycles. The molecule has 0 saturated carbocycles. The summed E-state index contributed by atoms with van der Waals surface area (Å²) in [6.45, 7) is 3.40. The number of allylic oxidation sites excluding steroid dienone is 1. The molecule has 1 aromatic rings. The summed E-state index contributed by atoms with van der Waals surface area (Å²) in [6.07, 6.45) is 7.21. The zero-order valence-corrected chi connectivity index (χ0v) is 11.6. The first-order valence-corrected chi connectivity index (χ1v) is 7.08. The van der Waals surface area contributed by atoms with Gasteiger partial charge in [-0.25, -0.2) is 4.39 Å². The van der Waals surface area contributed by atoms with Gasteiger partial charge in [0.05, 0.1) is 0 Å². The van der Waals surface area contributed by atoms with Gasteiger partial charge >= 0.3 is 0 Å². The first kappa shape index (κ1) is 14.2. The molecule has 0 saturated heterocycles. The van der Waals surface area contributed by atoms with E-state index in [4.69, 9.17) is 5.73 Å². The Morgan fingerprint density at radius 1 is 1.42 bits per heavy atom. The number of aryl methyl sites for hydroxylation is 1. The zero-order valence-electron chi connectivity index (χ0n) is 11.6. The van der Waals surface area contributed by atoms with Crippen LogP contribution in [0.3, 0.4) is 0 Å². The Morgan fingerprint density at radius 2 is 2.26 bits per heavy atom. The maximum atomic E-state index is 13.1. The molecule has 0 heterocycles. The molecule has 3 N–H and O–H groups in total. The van der Waals surface area contributed by atoms with Gasteiger partial charge in [0, 0.05) is 12.6 Å². The Hall–Kier alpha value is -1.19. The molecule has 104 valence electrons. The Bertz CT molecular complexity index is 454. The third-order valence-electron chi connectivity index (χ3n) is 3.81. The molecule has 1 aromatic carbocycles. The number of hydrogen-bond donors (Lipinski definition) is 2. The van der Waals surface area contributed by atoms with Crippen molar-refractivity contribution in [2.24, 2.45) is 5.73 Å². The largest absolute Gasteiger partial charge is 0.329 e. The van der Waals surface area contributed by atoms with E-state index in [-0.39, 0.29) is 11.9 Å². The number of halogens is 1. The minimum atomic E-state index is -0.187. The molecule has 1 aliphatic carbocycles. The van der Waals surface area contributed by atoms with Crippen molar-refractivity contribution < 1.29 is 4.39 Å². The number of rotatable bonds is 6. The van der Waals surface area contributed by atoms with Gasteiger partial charge in [-0.05, 0) is 62.4 Å². The molecule has 1 aliphatic rings. The van der Waals surface area contributed by atoms with Gasteiger partial charge in [-0.1, -0.05) is 17.7 Å². The molecule has 1 unspecified atom stereocenters. The fraction of sp³-hybridized carbons (Fsp3) is 0.500. The van der Waals surface area contributed by atoms with Crippen molar-refractivity contribution in [3.63, 3.8) is 0 Å². The number of nitrogens with one attached hydrogen (secondary N) is 1. The molecule has 0 spiro atoms. The van der Waals surface area contributed by atoms with Gasteiger partial charge in [0.2, 0.25) is 0 Å². The van der Waals surface area contributed by atoms with E-state index in [0.29, 0.717) is 6.54 Å². The van der Waals surface area contributed by atoms with Crippen LogP contribution in [-0.4, -0.2) is 13.1 Å². The number of nitrogens with two attached hydrogens (primary N) is 1. The molecule has 2 rings (SSSR count). The van der Waals surface area contributed by atoms with Crippen molar-refractivity contribution in [1.82, 2.24) is 5.32 Å². The minimum Gasteiger partial charge on any atom is -0.329 e. The highest BCUT2D eigenvalue weighted by atomic mass is 19.1. The smallest absolute Gasteiger partial charge is 0.123 e. The predicted molar refractivity (Wildman–Crippen MR) is 77.5 cm³/mol. The van der Waals surface area contributed by atoms with Crippen molar-refractivity contribution in [3.8, 4) is 0 Å². The van der Waals surface area contributed by atoms with Gasteiger partial charge in [0.15, 0.2) is 0 Å². The molecule has 1 atom stereocenters. The van der Waals surface area contributed by atoms with Crippen LogP contribution in [0, 0.1) is 12.7 Å². The Morgan fingerprint density at radius 3 is 2.89 bits per heavy atom. The highest BCUT2D eigenvalue weighted by Gasteiger charge is 2.12. The van der Waals surface area contributed by atoms with Gasteiger partial charge in [-0.2, -0.15) is 0 Å². The van der Waals surface area contributed by atoms with Crippen LogP contribution in [0.2, 0.25) is 0 Å². The topological polar surface area (TPSA) is 38.0 Å². The van der Waals surface area contributed by atoms with E-state index in [9.17, 15) is 4.39 Å². The Balaban J connectivity index is 1.91. The zero-order chi connectivity index (χ0) is 13.7. The highest BCUT2D eigenvalue weighted by Crippen LogP contribution is 2.21. The van der Waals surface area contributed by atoms with Gasteiger partial charge in [-0.3, -0.25) is 0 Å². The van der Waals surface area contributed by atoms with Crippen LogP contribution in [-0.2, 0) is 0 Å². The van der Waals surface area contributed by atoms with Crippen molar-refractivity contribution >= 4 is 0 Å². The lowest BCUT2D eigenvalue weighted by atomic mass is 10.0. The number of hydrogen-bond acceptors (Lipinski definition) is 2. The predicted octanol–water partition coefficient (Wildman–Crippen LogP) is 3.22. The van der Waals surface area contributed by atoms with Crippen molar-refractivity contribution in [3.05, 3.63) is 46.8 Å². The van der Waals surface area contributed by atoms with E-state index in [1.807, 2.05) is 13.0 Å². The monoisotopic (exact) mass is 262 g/mol. The number of benzene rings is 1. The molecular formula is C16H23FN2. The van der Waals surface area contributed by atoms with Crippen LogP contribution in [0.1, 0.15) is 42.9 Å². The summed E-state index contributed by atoms with van der Waals surface area (Å²) in [6, 6.07) is 5.03. The standard InChI is InChI=1S/C16H23FN2/c1-12-10-14(17)6-7-15(12)16(11-18)19-9-8-13-4-2-3-5-13/h4,6-7,10,16,19H,2-3,5,8-9,11,18H2,1H3. The normalized spacial score (nSPS) is 16.5. The second-order valence-electron chi connectivity index (χ2n) is 5.25. The van der Waals surface area contributed by atoms with Gasteiger partial charge in [0.25, 0.3) is 0 Å². The van der Waals surface area contributed by atoms with Crippen LogP contribution >= 0.6 is 0 Å². The fourth-order valence-electron chi connectivity index (χ4n) is 2.72. The lowest BCUT2D eigenvalue weighted by Gasteiger charge is -2.19. The molecular weight excluding hydrogens is 239 g/mol. The molecule has 0 radical (unpaired) electrons. The minimum absolute atomic E-state index is 0.114. The van der Waals surface area contributed by atoms with Crippen LogP contribution in [0.4, 0.5) is 4.39 Å². The molecule has 3 heteroatoms. The first-order chi connectivity index (χ1) is 9.20. The summed E-state index contributed by atoms with van der Waals surface area (Å²) in [5, 5.41) is 3.48. The van der Waals surface area contributed by atoms with Crippen LogP contribution in [0.5, 0.6) is 0 Å². The summed E-state index contributed by atoms with van der Waals surface area (Å²) in [7, 11) is 0. The lowest BCUT2D eigenvalue weighted by Crippen LogP contribution is -2.29. The summed E-state index contributed by atoms with van der Waals surface area (Å²) in [5.41, 5.74) is 9.45. The molecule has 0 bridgehead atoms. The summed E-state index contributed by atoms with van der Waals surface area (Å²) in [4.78, 5) is 0. The van der Waals surface area contributed by atoms with Crippen molar-refractivity contribution in [2.75, 3.05) is 13.1 Å². The van der Waals surface area contributed by atoms with Gasteiger partial charge in [-0.15, -0.1) is 0 Å². The van der Waals surface area contributed by atoms with Crippen LogP contribution in [0.15, 0.2) is 29.8 Å². The summed E-state index contributed by atoms with van der Waals surface area (Å²) in [5.74, 6) is -0.187.